The van der Waals surface area contributed by atoms with Gasteiger partial charge in [0.2, 0.25) is 0 Å². The summed E-state index contributed by atoms with van der Waals surface area (Å²) in [5.74, 6) is -1.46. The molecule has 2 rings (SSSR count). The Kier molecular flexibility index (Phi) is 3.40. The largest absolute Gasteiger partial charge is 0.419 e. The first-order chi connectivity index (χ1) is 8.96. The van der Waals surface area contributed by atoms with Crippen LogP contribution in [0, 0.1) is 17.2 Å². The Bertz CT molecular complexity index is 521. The summed E-state index contributed by atoms with van der Waals surface area (Å²) >= 11 is 0. The van der Waals surface area contributed by atoms with Gasteiger partial charge in [-0.05, 0) is 41.9 Å². The fourth-order valence-corrected chi connectivity index (χ4v) is 3.37. The number of halogens is 4. The molecule has 0 spiro atoms. The van der Waals surface area contributed by atoms with Gasteiger partial charge >= 0.3 is 6.18 Å². The van der Waals surface area contributed by atoms with Gasteiger partial charge in [0.1, 0.15) is 5.82 Å². The Morgan fingerprint density at radius 2 is 1.85 bits per heavy atom. The molecule has 1 aromatic carbocycles. The first-order valence-electron chi connectivity index (χ1n) is 6.55. The summed E-state index contributed by atoms with van der Waals surface area (Å²) < 4.78 is 51.3. The molecule has 1 aromatic rings. The van der Waals surface area contributed by atoms with E-state index in [4.69, 9.17) is 0 Å². The summed E-state index contributed by atoms with van der Waals surface area (Å²) in [6, 6.07) is 2.71. The van der Waals surface area contributed by atoms with Crippen LogP contribution < -0.4 is 0 Å². The van der Waals surface area contributed by atoms with Gasteiger partial charge in [-0.25, -0.2) is 4.39 Å². The van der Waals surface area contributed by atoms with E-state index in [9.17, 15) is 22.7 Å². The second-order valence-electron chi connectivity index (χ2n) is 6.56. The van der Waals surface area contributed by atoms with E-state index < -0.39 is 23.2 Å². The Morgan fingerprint density at radius 3 is 2.25 bits per heavy atom. The fourth-order valence-electron chi connectivity index (χ4n) is 3.37. The average Bonchev–Trinajstić information content (AvgIpc) is 2.46. The minimum atomic E-state index is -4.72. The number of hydrogen-bond donors (Lipinski definition) is 1. The highest BCUT2D eigenvalue weighted by atomic mass is 19.4. The molecule has 0 aromatic heterocycles. The van der Waals surface area contributed by atoms with Crippen LogP contribution in [0.15, 0.2) is 18.2 Å². The fraction of sp³-hybridized carbons (Fsp3) is 0.600. The quantitative estimate of drug-likeness (QED) is 0.756. The molecule has 2 unspecified atom stereocenters. The molecule has 1 N–H and O–H groups in total. The minimum Gasteiger partial charge on any atom is -0.385 e. The highest BCUT2D eigenvalue weighted by Gasteiger charge is 2.49. The van der Waals surface area contributed by atoms with Gasteiger partial charge in [0.05, 0.1) is 11.2 Å². The third-order valence-electron chi connectivity index (χ3n) is 4.20. The van der Waals surface area contributed by atoms with Crippen molar-refractivity contribution in [2.24, 2.45) is 11.3 Å². The van der Waals surface area contributed by atoms with Crippen molar-refractivity contribution < 1.29 is 22.7 Å². The van der Waals surface area contributed by atoms with E-state index in [2.05, 4.69) is 0 Å². The van der Waals surface area contributed by atoms with Crippen molar-refractivity contribution in [2.75, 3.05) is 0 Å². The summed E-state index contributed by atoms with van der Waals surface area (Å²) in [5.41, 5.74) is -2.46. The second kappa shape index (κ2) is 4.45. The van der Waals surface area contributed by atoms with Crippen LogP contribution in [0.5, 0.6) is 0 Å². The molecule has 5 heteroatoms. The summed E-state index contributed by atoms with van der Waals surface area (Å²) in [6.45, 7) is 5.81. The second-order valence-corrected chi connectivity index (χ2v) is 6.56. The van der Waals surface area contributed by atoms with Gasteiger partial charge in [0.25, 0.3) is 0 Å². The highest BCUT2D eigenvalue weighted by Crippen LogP contribution is 2.52. The van der Waals surface area contributed by atoms with Crippen molar-refractivity contribution >= 4 is 0 Å². The molecule has 1 aliphatic carbocycles. The van der Waals surface area contributed by atoms with Gasteiger partial charge in [-0.3, -0.25) is 0 Å². The van der Waals surface area contributed by atoms with Gasteiger partial charge in [-0.1, -0.05) is 26.8 Å². The van der Waals surface area contributed by atoms with Crippen LogP contribution in [-0.2, 0) is 11.8 Å². The topological polar surface area (TPSA) is 20.2 Å². The smallest absolute Gasteiger partial charge is 0.385 e. The van der Waals surface area contributed by atoms with Crippen molar-refractivity contribution in [1.82, 2.24) is 0 Å². The van der Waals surface area contributed by atoms with E-state index in [1.807, 2.05) is 20.8 Å². The van der Waals surface area contributed by atoms with Gasteiger partial charge in [-0.2, -0.15) is 13.2 Å². The van der Waals surface area contributed by atoms with Crippen LogP contribution >= 0.6 is 0 Å². The molecule has 0 saturated heterocycles. The number of rotatable bonds is 1. The van der Waals surface area contributed by atoms with Crippen molar-refractivity contribution in [3.8, 4) is 0 Å². The molecule has 0 bridgehead atoms. The SMILES string of the molecule is CC1CC(C)(C)CC1(O)c1ccc(C(F)(F)F)c(F)c1. The molecule has 0 amide bonds. The van der Waals surface area contributed by atoms with Gasteiger partial charge < -0.3 is 5.11 Å². The molecule has 1 nitrogen and oxygen atoms in total. The minimum absolute atomic E-state index is 0.118. The Morgan fingerprint density at radius 1 is 1.25 bits per heavy atom. The maximum atomic E-state index is 13.7. The molecule has 2 atom stereocenters. The number of hydrogen-bond acceptors (Lipinski definition) is 1. The lowest BCUT2D eigenvalue weighted by atomic mass is 9.83. The van der Waals surface area contributed by atoms with Crippen molar-refractivity contribution in [3.63, 3.8) is 0 Å². The third kappa shape index (κ3) is 2.55. The van der Waals surface area contributed by atoms with Crippen molar-refractivity contribution in [2.45, 2.75) is 45.4 Å². The van der Waals surface area contributed by atoms with Crippen LogP contribution in [0.4, 0.5) is 17.6 Å². The lowest BCUT2D eigenvalue weighted by Gasteiger charge is -2.29. The summed E-state index contributed by atoms with van der Waals surface area (Å²) in [7, 11) is 0. The van der Waals surface area contributed by atoms with Crippen LogP contribution in [0.2, 0.25) is 0 Å². The molecule has 0 aliphatic heterocycles. The predicted octanol–water partition coefficient (Wildman–Crippen LogP) is 4.49. The van der Waals surface area contributed by atoms with E-state index >= 15 is 0 Å². The van der Waals surface area contributed by atoms with Crippen molar-refractivity contribution in [3.05, 3.63) is 35.1 Å². The molecule has 112 valence electrons. The molecule has 0 radical (unpaired) electrons. The zero-order valence-corrected chi connectivity index (χ0v) is 11.7. The van der Waals surface area contributed by atoms with Crippen LogP contribution in [0.1, 0.15) is 44.7 Å². The molecule has 1 aliphatic rings. The number of alkyl halides is 3. The lowest BCUT2D eigenvalue weighted by molar-refractivity contribution is -0.140. The third-order valence-corrected chi connectivity index (χ3v) is 4.20. The zero-order chi connectivity index (χ0) is 15.3. The zero-order valence-electron chi connectivity index (χ0n) is 11.7. The molecular weight excluding hydrogens is 272 g/mol. The molecule has 1 saturated carbocycles. The van der Waals surface area contributed by atoms with Gasteiger partial charge in [0, 0.05) is 0 Å². The van der Waals surface area contributed by atoms with E-state index in [0.717, 1.165) is 12.5 Å². The van der Waals surface area contributed by atoms with E-state index in [-0.39, 0.29) is 16.9 Å². The monoisotopic (exact) mass is 290 g/mol. The van der Waals surface area contributed by atoms with E-state index in [1.54, 1.807) is 0 Å². The number of aliphatic hydroxyl groups is 1. The average molecular weight is 290 g/mol. The maximum absolute atomic E-state index is 13.7. The standard InChI is InChI=1S/C15H18F4O/c1-9-7-13(2,3)8-14(9,20)10-4-5-11(12(16)6-10)15(17,18)19/h4-6,9,20H,7-8H2,1-3H3. The number of benzene rings is 1. The van der Waals surface area contributed by atoms with Crippen molar-refractivity contribution in [1.29, 1.82) is 0 Å². The molecule has 0 heterocycles. The van der Waals surface area contributed by atoms with Crippen LogP contribution in [-0.4, -0.2) is 5.11 Å². The first kappa shape index (κ1) is 15.3. The summed E-state index contributed by atoms with van der Waals surface area (Å²) in [5, 5.41) is 10.7. The Labute approximate surface area is 115 Å². The highest BCUT2D eigenvalue weighted by molar-refractivity contribution is 5.32. The van der Waals surface area contributed by atoms with E-state index in [1.165, 1.54) is 6.07 Å². The van der Waals surface area contributed by atoms with Crippen LogP contribution in [0.25, 0.3) is 0 Å². The molecular formula is C15H18F4O. The summed E-state index contributed by atoms with van der Waals surface area (Å²) in [6.07, 6.45) is -3.57. The summed E-state index contributed by atoms with van der Waals surface area (Å²) in [4.78, 5) is 0. The predicted molar refractivity (Wildman–Crippen MR) is 67.5 cm³/mol. The molecule has 20 heavy (non-hydrogen) atoms. The normalized spacial score (nSPS) is 29.7. The lowest BCUT2D eigenvalue weighted by Crippen LogP contribution is -2.29. The van der Waals surface area contributed by atoms with Crippen LogP contribution in [0.3, 0.4) is 0 Å². The van der Waals surface area contributed by atoms with E-state index in [0.29, 0.717) is 12.5 Å². The molecule has 1 fully saturated rings. The van der Waals surface area contributed by atoms with Gasteiger partial charge in [-0.15, -0.1) is 0 Å². The van der Waals surface area contributed by atoms with Gasteiger partial charge in [0.15, 0.2) is 0 Å². The Hall–Kier alpha value is -1.10. The Balaban J connectivity index is 2.42. The first-order valence-corrected chi connectivity index (χ1v) is 6.55. The maximum Gasteiger partial charge on any atom is 0.419 e.